The molecule has 3 rings (SSSR count). The standard InChI is InChI=1S/C17H24N2/c1-14-6-7-15-8-11-19(17(15)13-14)12-9-16-5-3-4-10-18(16)2/h6-8,11,13,16H,3-5,9-10,12H2,1-2H3. The van der Waals surface area contributed by atoms with Gasteiger partial charge in [0.1, 0.15) is 0 Å². The van der Waals surface area contributed by atoms with Crippen molar-refractivity contribution in [2.75, 3.05) is 13.6 Å². The van der Waals surface area contributed by atoms with Gasteiger partial charge in [0.05, 0.1) is 0 Å². The van der Waals surface area contributed by atoms with Crippen LogP contribution in [0.15, 0.2) is 30.5 Å². The Labute approximate surface area is 116 Å². The van der Waals surface area contributed by atoms with Crippen LogP contribution >= 0.6 is 0 Å². The zero-order valence-corrected chi connectivity index (χ0v) is 12.1. The third-order valence-electron chi connectivity index (χ3n) is 4.55. The van der Waals surface area contributed by atoms with Crippen molar-refractivity contribution in [3.05, 3.63) is 36.0 Å². The molecular formula is C17H24N2. The minimum Gasteiger partial charge on any atom is -0.347 e. The zero-order chi connectivity index (χ0) is 13.2. The molecule has 1 aliphatic rings. The Bertz CT molecular complexity index is 555. The summed E-state index contributed by atoms with van der Waals surface area (Å²) in [4.78, 5) is 2.54. The maximum Gasteiger partial charge on any atom is 0.0482 e. The molecule has 1 saturated heterocycles. The highest BCUT2D eigenvalue weighted by Crippen LogP contribution is 2.21. The third-order valence-corrected chi connectivity index (χ3v) is 4.55. The zero-order valence-electron chi connectivity index (χ0n) is 12.1. The van der Waals surface area contributed by atoms with Gasteiger partial charge in [0, 0.05) is 24.3 Å². The highest BCUT2D eigenvalue weighted by molar-refractivity contribution is 5.80. The van der Waals surface area contributed by atoms with Crippen molar-refractivity contribution >= 4 is 10.9 Å². The molecule has 2 heteroatoms. The summed E-state index contributed by atoms with van der Waals surface area (Å²) in [5.41, 5.74) is 2.74. The van der Waals surface area contributed by atoms with Crippen LogP contribution in [0.25, 0.3) is 10.9 Å². The van der Waals surface area contributed by atoms with E-state index in [0.717, 1.165) is 12.6 Å². The first-order chi connectivity index (χ1) is 9.24. The van der Waals surface area contributed by atoms with E-state index < -0.39 is 0 Å². The summed E-state index contributed by atoms with van der Waals surface area (Å²) in [5, 5.41) is 1.36. The maximum absolute atomic E-state index is 2.54. The van der Waals surface area contributed by atoms with Crippen molar-refractivity contribution < 1.29 is 0 Å². The van der Waals surface area contributed by atoms with Gasteiger partial charge in [-0.25, -0.2) is 0 Å². The van der Waals surface area contributed by atoms with Crippen molar-refractivity contribution in [1.82, 2.24) is 9.47 Å². The van der Waals surface area contributed by atoms with Gasteiger partial charge < -0.3 is 9.47 Å². The number of piperidine rings is 1. The second kappa shape index (κ2) is 5.38. The fraction of sp³-hybridized carbons (Fsp3) is 0.529. The van der Waals surface area contributed by atoms with E-state index in [1.807, 2.05) is 0 Å². The number of hydrogen-bond acceptors (Lipinski definition) is 1. The van der Waals surface area contributed by atoms with Crippen LogP contribution in [0.5, 0.6) is 0 Å². The van der Waals surface area contributed by atoms with Gasteiger partial charge in [0.15, 0.2) is 0 Å². The minimum absolute atomic E-state index is 0.774. The van der Waals surface area contributed by atoms with Crippen molar-refractivity contribution in [1.29, 1.82) is 0 Å². The van der Waals surface area contributed by atoms with E-state index in [1.165, 1.54) is 48.7 Å². The van der Waals surface area contributed by atoms with Crippen LogP contribution in [0.3, 0.4) is 0 Å². The van der Waals surface area contributed by atoms with Crippen molar-refractivity contribution in [2.24, 2.45) is 0 Å². The fourth-order valence-corrected chi connectivity index (χ4v) is 3.29. The monoisotopic (exact) mass is 256 g/mol. The number of fused-ring (bicyclic) bond motifs is 1. The lowest BCUT2D eigenvalue weighted by Crippen LogP contribution is -2.36. The summed E-state index contributed by atoms with van der Waals surface area (Å²) >= 11 is 0. The molecule has 2 heterocycles. The van der Waals surface area contributed by atoms with E-state index in [9.17, 15) is 0 Å². The van der Waals surface area contributed by atoms with Crippen LogP contribution in [0, 0.1) is 6.92 Å². The Balaban J connectivity index is 1.72. The van der Waals surface area contributed by atoms with Crippen molar-refractivity contribution in [2.45, 2.75) is 45.2 Å². The third kappa shape index (κ3) is 2.69. The molecule has 102 valence electrons. The topological polar surface area (TPSA) is 8.17 Å². The minimum atomic E-state index is 0.774. The van der Waals surface area contributed by atoms with Crippen LogP contribution in [0.4, 0.5) is 0 Å². The van der Waals surface area contributed by atoms with Gasteiger partial charge in [-0.05, 0) is 62.9 Å². The van der Waals surface area contributed by atoms with Crippen molar-refractivity contribution in [3.63, 3.8) is 0 Å². The quantitative estimate of drug-likeness (QED) is 0.810. The second-order valence-corrected chi connectivity index (χ2v) is 5.99. The average Bonchev–Trinajstić information content (AvgIpc) is 2.80. The lowest BCUT2D eigenvalue weighted by Gasteiger charge is -2.32. The highest BCUT2D eigenvalue weighted by Gasteiger charge is 2.18. The molecule has 2 nitrogen and oxygen atoms in total. The van der Waals surface area contributed by atoms with Gasteiger partial charge >= 0.3 is 0 Å². The number of rotatable bonds is 3. The van der Waals surface area contributed by atoms with Gasteiger partial charge in [0.25, 0.3) is 0 Å². The molecule has 0 aliphatic carbocycles. The number of likely N-dealkylation sites (tertiary alicyclic amines) is 1. The van der Waals surface area contributed by atoms with Gasteiger partial charge in [-0.1, -0.05) is 18.6 Å². The van der Waals surface area contributed by atoms with Crippen LogP contribution < -0.4 is 0 Å². The van der Waals surface area contributed by atoms with Crippen LogP contribution in [-0.4, -0.2) is 29.1 Å². The van der Waals surface area contributed by atoms with Crippen LogP contribution in [0.2, 0.25) is 0 Å². The van der Waals surface area contributed by atoms with E-state index in [2.05, 4.69) is 53.9 Å². The Morgan fingerprint density at radius 1 is 1.21 bits per heavy atom. The van der Waals surface area contributed by atoms with Crippen LogP contribution in [0.1, 0.15) is 31.2 Å². The largest absolute Gasteiger partial charge is 0.347 e. The first-order valence-electron chi connectivity index (χ1n) is 7.50. The molecule has 0 amide bonds. The Kier molecular flexibility index (Phi) is 3.61. The fourth-order valence-electron chi connectivity index (χ4n) is 3.29. The number of nitrogens with zero attached hydrogens (tertiary/aromatic N) is 2. The van der Waals surface area contributed by atoms with E-state index in [1.54, 1.807) is 0 Å². The Morgan fingerprint density at radius 2 is 2.11 bits per heavy atom. The molecule has 1 atom stereocenters. The molecule has 19 heavy (non-hydrogen) atoms. The summed E-state index contributed by atoms with van der Waals surface area (Å²) in [6.45, 7) is 4.59. The normalized spacial score (nSPS) is 21.1. The molecule has 0 N–H and O–H groups in total. The molecular weight excluding hydrogens is 232 g/mol. The Hall–Kier alpha value is -1.28. The second-order valence-electron chi connectivity index (χ2n) is 5.99. The number of hydrogen-bond donors (Lipinski definition) is 0. The summed E-state index contributed by atoms with van der Waals surface area (Å²) in [7, 11) is 2.28. The van der Waals surface area contributed by atoms with Gasteiger partial charge in [-0.3, -0.25) is 0 Å². The number of benzene rings is 1. The molecule has 1 aromatic carbocycles. The van der Waals surface area contributed by atoms with E-state index in [4.69, 9.17) is 0 Å². The van der Waals surface area contributed by atoms with Gasteiger partial charge in [-0.2, -0.15) is 0 Å². The average molecular weight is 256 g/mol. The molecule has 1 aliphatic heterocycles. The lowest BCUT2D eigenvalue weighted by atomic mass is 10.0. The molecule has 1 aromatic heterocycles. The molecule has 0 bridgehead atoms. The number of aryl methyl sites for hydroxylation is 2. The van der Waals surface area contributed by atoms with E-state index in [0.29, 0.717) is 0 Å². The summed E-state index contributed by atoms with van der Waals surface area (Å²) < 4.78 is 2.42. The molecule has 2 aromatic rings. The lowest BCUT2D eigenvalue weighted by molar-refractivity contribution is 0.171. The molecule has 1 fully saturated rings. The molecule has 0 radical (unpaired) electrons. The SMILES string of the molecule is Cc1ccc2ccn(CCC3CCCCN3C)c2c1. The maximum atomic E-state index is 2.54. The molecule has 1 unspecified atom stereocenters. The summed E-state index contributed by atoms with van der Waals surface area (Å²) in [6, 6.07) is 9.74. The van der Waals surface area contributed by atoms with Gasteiger partial charge in [-0.15, -0.1) is 0 Å². The number of aromatic nitrogens is 1. The Morgan fingerprint density at radius 3 is 2.95 bits per heavy atom. The van der Waals surface area contributed by atoms with Crippen LogP contribution in [-0.2, 0) is 6.54 Å². The van der Waals surface area contributed by atoms with E-state index in [-0.39, 0.29) is 0 Å². The smallest absolute Gasteiger partial charge is 0.0482 e. The predicted octanol–water partition coefficient (Wildman–Crippen LogP) is 3.82. The molecule has 0 saturated carbocycles. The van der Waals surface area contributed by atoms with Gasteiger partial charge in [0.2, 0.25) is 0 Å². The van der Waals surface area contributed by atoms with Crippen molar-refractivity contribution in [3.8, 4) is 0 Å². The first kappa shape index (κ1) is 12.7. The summed E-state index contributed by atoms with van der Waals surface area (Å²) in [6.07, 6.45) is 7.66. The summed E-state index contributed by atoms with van der Waals surface area (Å²) in [5.74, 6) is 0. The first-order valence-corrected chi connectivity index (χ1v) is 7.50. The highest BCUT2D eigenvalue weighted by atomic mass is 15.1. The van der Waals surface area contributed by atoms with E-state index >= 15 is 0 Å². The molecule has 0 spiro atoms. The predicted molar refractivity (Wildman–Crippen MR) is 81.6 cm³/mol.